The SMILES string of the molecule is CC(C)Oc1cccc(-c2nc(O)c(I)c(=O)[nH]2)c1. The molecule has 0 radical (unpaired) electrons. The van der Waals surface area contributed by atoms with Gasteiger partial charge in [0.05, 0.1) is 6.10 Å². The molecule has 5 nitrogen and oxygen atoms in total. The van der Waals surface area contributed by atoms with E-state index in [1.54, 1.807) is 34.7 Å². The summed E-state index contributed by atoms with van der Waals surface area (Å²) in [5, 5.41) is 9.59. The first-order valence-electron chi connectivity index (χ1n) is 5.73. The van der Waals surface area contributed by atoms with Gasteiger partial charge in [-0.1, -0.05) is 12.1 Å². The zero-order valence-electron chi connectivity index (χ0n) is 10.5. The van der Waals surface area contributed by atoms with Crippen LogP contribution < -0.4 is 10.3 Å². The molecule has 0 saturated carbocycles. The van der Waals surface area contributed by atoms with Crippen molar-refractivity contribution in [2.45, 2.75) is 20.0 Å². The lowest BCUT2D eigenvalue weighted by Gasteiger charge is -2.10. The number of hydrogen-bond donors (Lipinski definition) is 2. The van der Waals surface area contributed by atoms with Crippen LogP contribution in [0.25, 0.3) is 11.4 Å². The van der Waals surface area contributed by atoms with E-state index in [4.69, 9.17) is 4.74 Å². The molecule has 6 heteroatoms. The van der Waals surface area contributed by atoms with Gasteiger partial charge < -0.3 is 14.8 Å². The minimum atomic E-state index is -0.363. The summed E-state index contributed by atoms with van der Waals surface area (Å²) in [7, 11) is 0. The number of nitrogens with zero attached hydrogens (tertiary/aromatic N) is 1. The Bertz CT molecular complexity index is 653. The maximum Gasteiger partial charge on any atom is 0.268 e. The van der Waals surface area contributed by atoms with Crippen molar-refractivity contribution in [3.63, 3.8) is 0 Å². The first kappa shape index (κ1) is 13.9. The number of benzene rings is 1. The Morgan fingerprint density at radius 3 is 2.79 bits per heavy atom. The maximum absolute atomic E-state index is 11.6. The van der Waals surface area contributed by atoms with Gasteiger partial charge in [0.25, 0.3) is 5.56 Å². The van der Waals surface area contributed by atoms with E-state index in [0.717, 1.165) is 0 Å². The van der Waals surface area contributed by atoms with E-state index in [9.17, 15) is 9.90 Å². The van der Waals surface area contributed by atoms with Gasteiger partial charge in [0, 0.05) is 5.56 Å². The Morgan fingerprint density at radius 1 is 1.42 bits per heavy atom. The van der Waals surface area contributed by atoms with E-state index < -0.39 is 0 Å². The Balaban J connectivity index is 2.44. The molecule has 100 valence electrons. The molecule has 0 saturated heterocycles. The van der Waals surface area contributed by atoms with E-state index in [2.05, 4.69) is 9.97 Å². The van der Waals surface area contributed by atoms with E-state index in [1.165, 1.54) is 0 Å². The topological polar surface area (TPSA) is 75.2 Å². The molecule has 2 N–H and O–H groups in total. The number of halogens is 1. The number of aromatic hydroxyl groups is 1. The number of H-pyrrole nitrogens is 1. The number of aromatic amines is 1. The molecule has 0 atom stereocenters. The summed E-state index contributed by atoms with van der Waals surface area (Å²) in [5.41, 5.74) is 0.320. The molecule has 1 heterocycles. The third-order valence-electron chi connectivity index (χ3n) is 2.32. The van der Waals surface area contributed by atoms with Crippen LogP contribution in [0.4, 0.5) is 0 Å². The predicted octanol–water partition coefficient (Wildman–Crippen LogP) is 2.53. The van der Waals surface area contributed by atoms with Crippen molar-refractivity contribution in [3.05, 3.63) is 38.2 Å². The fourth-order valence-electron chi connectivity index (χ4n) is 1.57. The van der Waals surface area contributed by atoms with Gasteiger partial charge in [0.1, 0.15) is 15.1 Å². The van der Waals surface area contributed by atoms with Crippen LogP contribution in [0.1, 0.15) is 13.8 Å². The molecule has 2 aromatic rings. The highest BCUT2D eigenvalue weighted by Gasteiger charge is 2.10. The summed E-state index contributed by atoms with van der Waals surface area (Å²) in [4.78, 5) is 18.2. The van der Waals surface area contributed by atoms with Crippen LogP contribution in [-0.4, -0.2) is 21.2 Å². The van der Waals surface area contributed by atoms with Crippen molar-refractivity contribution in [1.29, 1.82) is 0 Å². The van der Waals surface area contributed by atoms with Gasteiger partial charge in [0.2, 0.25) is 5.88 Å². The zero-order valence-corrected chi connectivity index (χ0v) is 12.6. The minimum absolute atomic E-state index is 0.0624. The third-order valence-corrected chi connectivity index (χ3v) is 3.30. The lowest BCUT2D eigenvalue weighted by Crippen LogP contribution is -2.12. The normalized spacial score (nSPS) is 10.7. The predicted molar refractivity (Wildman–Crippen MR) is 80.4 cm³/mol. The summed E-state index contributed by atoms with van der Waals surface area (Å²) < 4.78 is 5.75. The van der Waals surface area contributed by atoms with Gasteiger partial charge >= 0.3 is 0 Å². The van der Waals surface area contributed by atoms with Crippen LogP contribution in [0.2, 0.25) is 0 Å². The van der Waals surface area contributed by atoms with Crippen LogP contribution in [-0.2, 0) is 0 Å². The molecule has 19 heavy (non-hydrogen) atoms. The standard InChI is InChI=1S/C13H13IN2O3/c1-7(2)19-9-5-3-4-8(6-9)11-15-12(17)10(14)13(18)16-11/h3-7H,1-2H3,(H2,15,16,17,18). The molecule has 0 aliphatic carbocycles. The van der Waals surface area contributed by atoms with E-state index >= 15 is 0 Å². The molecule has 0 unspecified atom stereocenters. The van der Waals surface area contributed by atoms with Crippen LogP contribution in [0.15, 0.2) is 29.1 Å². The summed E-state index contributed by atoms with van der Waals surface area (Å²) in [5.74, 6) is 0.736. The van der Waals surface area contributed by atoms with Crippen LogP contribution >= 0.6 is 22.6 Å². The fourth-order valence-corrected chi connectivity index (χ4v) is 1.83. The van der Waals surface area contributed by atoms with Gasteiger partial charge in [-0.3, -0.25) is 4.79 Å². The molecule has 1 aromatic carbocycles. The number of ether oxygens (including phenoxy) is 1. The summed E-state index contributed by atoms with van der Waals surface area (Å²) in [6, 6.07) is 7.19. The van der Waals surface area contributed by atoms with E-state index in [0.29, 0.717) is 17.1 Å². The fraction of sp³-hybridized carbons (Fsp3) is 0.231. The smallest absolute Gasteiger partial charge is 0.268 e. The van der Waals surface area contributed by atoms with Crippen molar-refractivity contribution >= 4 is 22.6 Å². The van der Waals surface area contributed by atoms with Crippen molar-refractivity contribution in [1.82, 2.24) is 9.97 Å². The van der Waals surface area contributed by atoms with Crippen LogP contribution in [0, 0.1) is 3.57 Å². The Morgan fingerprint density at radius 2 is 2.16 bits per heavy atom. The lowest BCUT2D eigenvalue weighted by molar-refractivity contribution is 0.242. The van der Waals surface area contributed by atoms with Crippen molar-refractivity contribution in [2.75, 3.05) is 0 Å². The average molecular weight is 372 g/mol. The second-order valence-electron chi connectivity index (χ2n) is 4.25. The van der Waals surface area contributed by atoms with Gasteiger partial charge in [-0.05, 0) is 48.6 Å². The number of rotatable bonds is 3. The summed E-state index contributed by atoms with van der Waals surface area (Å²) in [6.45, 7) is 3.87. The van der Waals surface area contributed by atoms with Gasteiger partial charge in [-0.15, -0.1) is 0 Å². The van der Waals surface area contributed by atoms with Crippen molar-refractivity contribution < 1.29 is 9.84 Å². The Kier molecular flexibility index (Phi) is 4.08. The Labute approximate surface area is 123 Å². The van der Waals surface area contributed by atoms with Gasteiger partial charge in [0.15, 0.2) is 0 Å². The highest BCUT2D eigenvalue weighted by Crippen LogP contribution is 2.23. The number of hydrogen-bond acceptors (Lipinski definition) is 4. The van der Waals surface area contributed by atoms with Crippen LogP contribution in [0.5, 0.6) is 11.6 Å². The summed E-state index contributed by atoms with van der Waals surface area (Å²) >= 11 is 1.75. The first-order valence-corrected chi connectivity index (χ1v) is 6.81. The Hall–Kier alpha value is -1.57. The lowest BCUT2D eigenvalue weighted by atomic mass is 10.2. The molecule has 0 aliphatic rings. The maximum atomic E-state index is 11.6. The highest BCUT2D eigenvalue weighted by molar-refractivity contribution is 14.1. The number of nitrogens with one attached hydrogen (secondary N) is 1. The van der Waals surface area contributed by atoms with Crippen molar-refractivity contribution in [2.24, 2.45) is 0 Å². The van der Waals surface area contributed by atoms with E-state index in [-0.39, 0.29) is 21.1 Å². The molecular formula is C13H13IN2O3. The monoisotopic (exact) mass is 372 g/mol. The molecule has 0 amide bonds. The van der Waals surface area contributed by atoms with Gasteiger partial charge in [-0.2, -0.15) is 4.98 Å². The second kappa shape index (κ2) is 5.60. The average Bonchev–Trinajstić information content (AvgIpc) is 2.35. The zero-order chi connectivity index (χ0) is 14.0. The largest absolute Gasteiger partial charge is 0.492 e. The molecular weight excluding hydrogens is 359 g/mol. The molecule has 2 rings (SSSR count). The van der Waals surface area contributed by atoms with Gasteiger partial charge in [-0.25, -0.2) is 0 Å². The second-order valence-corrected chi connectivity index (χ2v) is 5.33. The van der Waals surface area contributed by atoms with E-state index in [1.807, 2.05) is 26.0 Å². The molecule has 0 fully saturated rings. The quantitative estimate of drug-likeness (QED) is 0.813. The third kappa shape index (κ3) is 3.25. The summed E-state index contributed by atoms with van der Waals surface area (Å²) in [6.07, 6.45) is 0.0624. The number of aromatic nitrogens is 2. The molecule has 0 bridgehead atoms. The highest BCUT2D eigenvalue weighted by atomic mass is 127. The molecule has 0 spiro atoms. The molecule has 0 aliphatic heterocycles. The first-order chi connectivity index (χ1) is 8.97. The van der Waals surface area contributed by atoms with Crippen molar-refractivity contribution in [3.8, 4) is 23.0 Å². The van der Waals surface area contributed by atoms with Crippen LogP contribution in [0.3, 0.4) is 0 Å². The minimum Gasteiger partial charge on any atom is -0.492 e. The molecule has 1 aromatic heterocycles.